The minimum atomic E-state index is -0.372. The quantitative estimate of drug-likeness (QED) is 0.670. The lowest BCUT2D eigenvalue weighted by molar-refractivity contribution is -0.0519. The molecule has 2 fully saturated rings. The molecular weight excluding hydrogens is 280 g/mol. The fraction of sp³-hybridized carbons (Fsp3) is 0.778. The second-order valence-electron chi connectivity index (χ2n) is 7.97. The highest BCUT2D eigenvalue weighted by atomic mass is 32.2. The van der Waals surface area contributed by atoms with Crippen LogP contribution in [-0.2, 0) is 0 Å². The van der Waals surface area contributed by atoms with Gasteiger partial charge in [0.05, 0.1) is 6.10 Å². The number of hydrogen-bond acceptors (Lipinski definition) is 3. The van der Waals surface area contributed by atoms with E-state index in [-0.39, 0.29) is 22.4 Å². The molecule has 2 nitrogen and oxygen atoms in total. The van der Waals surface area contributed by atoms with Crippen molar-refractivity contribution in [3.8, 4) is 0 Å². The van der Waals surface area contributed by atoms with Gasteiger partial charge in [-0.25, -0.2) is 0 Å². The predicted molar refractivity (Wildman–Crippen MR) is 86.6 cm³/mol. The first-order valence-corrected chi connectivity index (χ1v) is 9.26. The van der Waals surface area contributed by atoms with Gasteiger partial charge in [0.2, 0.25) is 0 Å². The van der Waals surface area contributed by atoms with Gasteiger partial charge < -0.3 is 10.2 Å². The van der Waals surface area contributed by atoms with Crippen LogP contribution < -0.4 is 0 Å². The van der Waals surface area contributed by atoms with Gasteiger partial charge in [0.25, 0.3) is 0 Å². The van der Waals surface area contributed by atoms with Crippen molar-refractivity contribution in [2.24, 2.45) is 28.6 Å². The van der Waals surface area contributed by atoms with Crippen LogP contribution in [0.15, 0.2) is 23.1 Å². The Bertz CT molecular complexity index is 513. The highest BCUT2D eigenvalue weighted by molar-refractivity contribution is 8.03. The van der Waals surface area contributed by atoms with Crippen molar-refractivity contribution in [1.29, 1.82) is 0 Å². The zero-order valence-corrected chi connectivity index (χ0v) is 13.8. The zero-order chi connectivity index (χ0) is 14.8. The van der Waals surface area contributed by atoms with Gasteiger partial charge in [0.15, 0.2) is 0 Å². The topological polar surface area (TPSA) is 40.5 Å². The van der Waals surface area contributed by atoms with Gasteiger partial charge in [-0.1, -0.05) is 37.8 Å². The Labute approximate surface area is 131 Å². The Hall–Kier alpha value is -0.250. The van der Waals surface area contributed by atoms with Crippen LogP contribution in [0.25, 0.3) is 0 Å². The summed E-state index contributed by atoms with van der Waals surface area (Å²) in [5.41, 5.74) is -0.113. The van der Waals surface area contributed by atoms with Crippen LogP contribution in [0.5, 0.6) is 0 Å². The summed E-state index contributed by atoms with van der Waals surface area (Å²) in [4.78, 5) is 1.38. The van der Waals surface area contributed by atoms with Gasteiger partial charge in [-0.2, -0.15) is 0 Å². The third-order valence-electron chi connectivity index (χ3n) is 7.12. The molecule has 0 radical (unpaired) electrons. The molecule has 0 bridgehead atoms. The first-order valence-electron chi connectivity index (χ1n) is 8.38. The Balaban J connectivity index is 1.71. The van der Waals surface area contributed by atoms with Crippen LogP contribution in [0, 0.1) is 28.6 Å². The Morgan fingerprint density at radius 2 is 1.95 bits per heavy atom. The van der Waals surface area contributed by atoms with Gasteiger partial charge in [0.1, 0.15) is 5.44 Å². The summed E-state index contributed by atoms with van der Waals surface area (Å²) in [5.74, 6) is 2.05. The number of hydrogen-bond donors (Lipinski definition) is 2. The normalized spacial score (nSPS) is 55.4. The number of thioether (sulfide) groups is 1. The summed E-state index contributed by atoms with van der Waals surface area (Å²) in [6.45, 7) is 4.68. The maximum Gasteiger partial charge on any atom is 0.122 e. The standard InChI is InChI=1S/C18H26O2S/c1-17-9-7-13-11(12(17)4-5-14(17)19)3-6-15-18(13,2)10-8-16(20)21-15/h6,8,10-14,16,19-20H,3-5,7,9H2,1-2H3/t11-,12-,13-,14-,16+,17-,18+/m0/s1. The summed E-state index contributed by atoms with van der Waals surface area (Å²) in [6.07, 6.45) is 12.2. The van der Waals surface area contributed by atoms with E-state index < -0.39 is 0 Å². The van der Waals surface area contributed by atoms with E-state index in [0.29, 0.717) is 17.8 Å². The fourth-order valence-electron chi connectivity index (χ4n) is 5.81. The third-order valence-corrected chi connectivity index (χ3v) is 8.38. The number of allylic oxidation sites excluding steroid dienone is 3. The van der Waals surface area contributed by atoms with E-state index in [2.05, 4.69) is 26.0 Å². The Morgan fingerprint density at radius 3 is 2.76 bits per heavy atom. The fourth-order valence-corrected chi connectivity index (χ4v) is 6.89. The molecule has 0 amide bonds. The van der Waals surface area contributed by atoms with Gasteiger partial charge >= 0.3 is 0 Å². The van der Waals surface area contributed by atoms with Gasteiger partial charge in [0, 0.05) is 5.41 Å². The van der Waals surface area contributed by atoms with Crippen LogP contribution in [0.3, 0.4) is 0 Å². The van der Waals surface area contributed by atoms with E-state index in [1.54, 1.807) is 11.8 Å². The van der Waals surface area contributed by atoms with Gasteiger partial charge in [-0.15, -0.1) is 0 Å². The molecule has 116 valence electrons. The predicted octanol–water partition coefficient (Wildman–Crippen LogP) is 3.71. The van der Waals surface area contributed by atoms with Gasteiger partial charge in [-0.05, 0) is 66.3 Å². The first kappa shape index (κ1) is 14.3. The monoisotopic (exact) mass is 306 g/mol. The minimum absolute atomic E-state index is 0.0975. The first-order chi connectivity index (χ1) is 9.95. The van der Waals surface area contributed by atoms with Crippen LogP contribution in [0.1, 0.15) is 46.0 Å². The number of rotatable bonds is 0. The lowest BCUT2D eigenvalue weighted by atomic mass is 9.51. The van der Waals surface area contributed by atoms with Crippen molar-refractivity contribution in [3.05, 3.63) is 23.1 Å². The summed E-state index contributed by atoms with van der Waals surface area (Å²) < 4.78 is 0. The molecule has 2 N–H and O–H groups in total. The molecule has 7 atom stereocenters. The molecule has 1 heterocycles. The van der Waals surface area contributed by atoms with E-state index >= 15 is 0 Å². The molecule has 2 saturated carbocycles. The second kappa shape index (κ2) is 4.62. The molecule has 0 saturated heterocycles. The summed E-state index contributed by atoms with van der Waals surface area (Å²) in [7, 11) is 0. The Kier molecular flexibility index (Phi) is 3.16. The van der Waals surface area contributed by atoms with Crippen molar-refractivity contribution in [2.45, 2.75) is 57.5 Å². The van der Waals surface area contributed by atoms with E-state index in [0.717, 1.165) is 19.3 Å². The molecule has 0 aromatic carbocycles. The lowest BCUT2D eigenvalue weighted by Crippen LogP contribution is -2.49. The summed E-state index contributed by atoms with van der Waals surface area (Å²) >= 11 is 1.63. The summed E-state index contributed by atoms with van der Waals surface area (Å²) in [5, 5.41) is 20.3. The third kappa shape index (κ3) is 1.87. The maximum absolute atomic E-state index is 10.4. The zero-order valence-electron chi connectivity index (χ0n) is 13.0. The molecule has 1 aliphatic heterocycles. The SMILES string of the molecule is C[C@]12CC[C@H]3[C@@H](CC=C4S[C@@H](O)C=C[C@@]43C)[C@@H]1CC[C@@H]2O. The van der Waals surface area contributed by atoms with E-state index in [1.807, 2.05) is 6.08 Å². The molecule has 21 heavy (non-hydrogen) atoms. The van der Waals surface area contributed by atoms with Crippen LogP contribution in [0.4, 0.5) is 0 Å². The molecule has 4 rings (SSSR count). The molecular formula is C18H26O2S. The number of aliphatic hydroxyl groups excluding tert-OH is 2. The van der Waals surface area contributed by atoms with Crippen molar-refractivity contribution in [3.63, 3.8) is 0 Å². The molecule has 0 unspecified atom stereocenters. The highest BCUT2D eigenvalue weighted by Crippen LogP contribution is 2.64. The molecule has 3 aliphatic carbocycles. The molecule has 0 spiro atoms. The molecule has 3 heteroatoms. The average Bonchev–Trinajstić information content (AvgIpc) is 2.76. The van der Waals surface area contributed by atoms with E-state index in [1.165, 1.54) is 17.7 Å². The molecule has 4 aliphatic rings. The smallest absolute Gasteiger partial charge is 0.122 e. The van der Waals surface area contributed by atoms with Crippen LogP contribution in [-0.4, -0.2) is 21.8 Å². The highest BCUT2D eigenvalue weighted by Gasteiger charge is 2.57. The van der Waals surface area contributed by atoms with Crippen molar-refractivity contribution < 1.29 is 10.2 Å². The lowest BCUT2D eigenvalue weighted by Gasteiger charge is -2.55. The van der Waals surface area contributed by atoms with Crippen LogP contribution >= 0.6 is 11.8 Å². The average molecular weight is 306 g/mol. The summed E-state index contributed by atoms with van der Waals surface area (Å²) in [6, 6.07) is 0. The minimum Gasteiger partial charge on any atom is -0.393 e. The van der Waals surface area contributed by atoms with Gasteiger partial charge in [-0.3, -0.25) is 0 Å². The molecule has 0 aromatic heterocycles. The Morgan fingerprint density at radius 1 is 1.14 bits per heavy atom. The number of aliphatic hydroxyl groups is 2. The van der Waals surface area contributed by atoms with Crippen molar-refractivity contribution in [2.75, 3.05) is 0 Å². The van der Waals surface area contributed by atoms with Crippen molar-refractivity contribution >= 4 is 11.8 Å². The maximum atomic E-state index is 10.4. The number of fused-ring (bicyclic) bond motifs is 5. The van der Waals surface area contributed by atoms with Crippen LogP contribution in [0.2, 0.25) is 0 Å². The van der Waals surface area contributed by atoms with Crippen molar-refractivity contribution in [1.82, 2.24) is 0 Å². The largest absolute Gasteiger partial charge is 0.393 e. The van der Waals surface area contributed by atoms with E-state index in [4.69, 9.17) is 0 Å². The van der Waals surface area contributed by atoms with E-state index in [9.17, 15) is 10.2 Å². The molecule has 0 aromatic rings. The second-order valence-corrected chi connectivity index (χ2v) is 9.13.